The lowest BCUT2D eigenvalue weighted by atomic mass is 9.85. The minimum atomic E-state index is -0.691. The third kappa shape index (κ3) is 5.53. The first-order valence-electron chi connectivity index (χ1n) is 7.45. The second-order valence-electron chi connectivity index (χ2n) is 5.59. The molecule has 2 rings (SSSR count). The van der Waals surface area contributed by atoms with Crippen molar-refractivity contribution in [1.29, 1.82) is 0 Å². The number of thioether (sulfide) groups is 1. The van der Waals surface area contributed by atoms with Crippen molar-refractivity contribution in [3.8, 4) is 0 Å². The summed E-state index contributed by atoms with van der Waals surface area (Å²) in [6.45, 7) is 0.378. The fourth-order valence-corrected chi connectivity index (χ4v) is 3.74. The van der Waals surface area contributed by atoms with Crippen LogP contribution in [0.25, 0.3) is 0 Å². The van der Waals surface area contributed by atoms with Crippen LogP contribution in [0.4, 0.5) is 0 Å². The number of nitrogens with one attached hydrogen (secondary N) is 1. The van der Waals surface area contributed by atoms with E-state index in [4.69, 9.17) is 11.6 Å². The topological polar surface area (TPSA) is 49.3 Å². The molecule has 5 heteroatoms. The maximum absolute atomic E-state index is 11.8. The molecule has 0 aliphatic heterocycles. The van der Waals surface area contributed by atoms with Crippen molar-refractivity contribution in [2.24, 2.45) is 0 Å². The SMILES string of the molecule is O=C(CCSc1ccccc1Cl)NCC1(O)CCCCC1. The Morgan fingerprint density at radius 3 is 2.71 bits per heavy atom. The third-order valence-corrected chi connectivity index (χ3v) is 5.34. The highest BCUT2D eigenvalue weighted by molar-refractivity contribution is 7.99. The molecule has 0 saturated heterocycles. The number of carbonyl (C=O) groups is 1. The van der Waals surface area contributed by atoms with Gasteiger partial charge in [0.15, 0.2) is 0 Å². The van der Waals surface area contributed by atoms with Gasteiger partial charge in [0.25, 0.3) is 0 Å². The molecule has 116 valence electrons. The molecule has 0 radical (unpaired) electrons. The maximum Gasteiger partial charge on any atom is 0.220 e. The predicted molar refractivity (Wildman–Crippen MR) is 87.8 cm³/mol. The van der Waals surface area contributed by atoms with Gasteiger partial charge in [0.05, 0.1) is 10.6 Å². The number of amides is 1. The van der Waals surface area contributed by atoms with Gasteiger partial charge in [0, 0.05) is 23.6 Å². The van der Waals surface area contributed by atoms with E-state index in [1.165, 1.54) is 6.42 Å². The molecular formula is C16H22ClNO2S. The average molecular weight is 328 g/mol. The minimum Gasteiger partial charge on any atom is -0.388 e. The second-order valence-corrected chi connectivity index (χ2v) is 7.13. The molecule has 0 bridgehead atoms. The Hall–Kier alpha value is -0.710. The monoisotopic (exact) mass is 327 g/mol. The summed E-state index contributed by atoms with van der Waals surface area (Å²) in [5.74, 6) is 0.683. The molecule has 1 aliphatic rings. The molecule has 3 nitrogen and oxygen atoms in total. The molecule has 21 heavy (non-hydrogen) atoms. The zero-order valence-electron chi connectivity index (χ0n) is 12.1. The third-order valence-electron chi connectivity index (χ3n) is 3.82. The number of benzene rings is 1. The molecule has 0 aromatic heterocycles. The fraction of sp³-hybridized carbons (Fsp3) is 0.562. The lowest BCUT2D eigenvalue weighted by molar-refractivity contribution is -0.122. The van der Waals surface area contributed by atoms with Crippen molar-refractivity contribution < 1.29 is 9.90 Å². The first-order chi connectivity index (χ1) is 10.1. The number of rotatable bonds is 6. The van der Waals surface area contributed by atoms with E-state index in [1.807, 2.05) is 24.3 Å². The minimum absolute atomic E-state index is 0.00597. The lowest BCUT2D eigenvalue weighted by Crippen LogP contribution is -2.44. The van der Waals surface area contributed by atoms with Crippen LogP contribution in [0.1, 0.15) is 38.5 Å². The highest BCUT2D eigenvalue weighted by Crippen LogP contribution is 2.28. The molecule has 1 aromatic rings. The smallest absolute Gasteiger partial charge is 0.220 e. The Morgan fingerprint density at radius 2 is 2.00 bits per heavy atom. The Kier molecular flexibility index (Phi) is 6.40. The van der Waals surface area contributed by atoms with Gasteiger partial charge in [-0.25, -0.2) is 0 Å². The summed E-state index contributed by atoms with van der Waals surface area (Å²) < 4.78 is 0. The van der Waals surface area contributed by atoms with Gasteiger partial charge in [-0.2, -0.15) is 0 Å². The molecule has 1 aliphatic carbocycles. The van der Waals surface area contributed by atoms with Crippen molar-refractivity contribution in [2.75, 3.05) is 12.3 Å². The van der Waals surface area contributed by atoms with Crippen molar-refractivity contribution in [3.63, 3.8) is 0 Å². The summed E-state index contributed by atoms with van der Waals surface area (Å²) >= 11 is 7.65. The molecule has 0 unspecified atom stereocenters. The van der Waals surface area contributed by atoms with E-state index in [2.05, 4.69) is 5.32 Å². The van der Waals surface area contributed by atoms with Gasteiger partial charge in [-0.1, -0.05) is 43.0 Å². The van der Waals surface area contributed by atoms with Gasteiger partial charge < -0.3 is 10.4 Å². The zero-order valence-corrected chi connectivity index (χ0v) is 13.7. The fourth-order valence-electron chi connectivity index (χ4n) is 2.55. The van der Waals surface area contributed by atoms with Crippen LogP contribution < -0.4 is 5.32 Å². The Morgan fingerprint density at radius 1 is 1.29 bits per heavy atom. The summed E-state index contributed by atoms with van der Waals surface area (Å²) in [6, 6.07) is 7.63. The van der Waals surface area contributed by atoms with Gasteiger partial charge in [-0.3, -0.25) is 4.79 Å². The van der Waals surface area contributed by atoms with Crippen LogP contribution in [-0.2, 0) is 4.79 Å². The molecule has 0 atom stereocenters. The van der Waals surface area contributed by atoms with Gasteiger partial charge in [-0.05, 0) is 25.0 Å². The predicted octanol–water partition coefficient (Wildman–Crippen LogP) is 3.63. The van der Waals surface area contributed by atoms with Gasteiger partial charge in [0.1, 0.15) is 0 Å². The van der Waals surface area contributed by atoms with Crippen molar-refractivity contribution in [1.82, 2.24) is 5.32 Å². The lowest BCUT2D eigenvalue weighted by Gasteiger charge is -2.32. The quantitative estimate of drug-likeness (QED) is 0.784. The standard InChI is InChI=1S/C16H22ClNO2S/c17-13-6-2-3-7-14(13)21-11-8-15(19)18-12-16(20)9-4-1-5-10-16/h2-3,6-7,20H,1,4-5,8-12H2,(H,18,19). The van der Waals surface area contributed by atoms with Crippen LogP contribution in [0.2, 0.25) is 5.02 Å². The summed E-state index contributed by atoms with van der Waals surface area (Å²) in [5, 5.41) is 13.9. The Balaban J connectivity index is 1.67. The van der Waals surface area contributed by atoms with E-state index < -0.39 is 5.60 Å². The number of aliphatic hydroxyl groups is 1. The van der Waals surface area contributed by atoms with Crippen LogP contribution in [0.3, 0.4) is 0 Å². The van der Waals surface area contributed by atoms with Crippen LogP contribution in [0.15, 0.2) is 29.2 Å². The molecule has 1 amide bonds. The van der Waals surface area contributed by atoms with E-state index in [-0.39, 0.29) is 5.91 Å². The first-order valence-corrected chi connectivity index (χ1v) is 8.82. The largest absolute Gasteiger partial charge is 0.388 e. The summed E-state index contributed by atoms with van der Waals surface area (Å²) in [6.07, 6.45) is 5.31. The molecule has 1 fully saturated rings. The van der Waals surface area contributed by atoms with Crippen LogP contribution in [-0.4, -0.2) is 28.9 Å². The summed E-state index contributed by atoms with van der Waals surface area (Å²) in [5.41, 5.74) is -0.691. The normalized spacial score (nSPS) is 17.4. The van der Waals surface area contributed by atoms with Gasteiger partial charge in [-0.15, -0.1) is 11.8 Å². The van der Waals surface area contributed by atoms with Gasteiger partial charge in [0.2, 0.25) is 5.91 Å². The molecular weight excluding hydrogens is 306 g/mol. The van der Waals surface area contributed by atoms with Gasteiger partial charge >= 0.3 is 0 Å². The molecule has 1 saturated carbocycles. The van der Waals surface area contributed by atoms with Crippen LogP contribution in [0.5, 0.6) is 0 Å². The van der Waals surface area contributed by atoms with E-state index in [0.29, 0.717) is 18.7 Å². The Labute approximate surface area is 135 Å². The summed E-state index contributed by atoms with van der Waals surface area (Å²) in [4.78, 5) is 12.8. The maximum atomic E-state index is 11.8. The van der Waals surface area contributed by atoms with E-state index in [1.54, 1.807) is 11.8 Å². The molecule has 2 N–H and O–H groups in total. The number of carbonyl (C=O) groups excluding carboxylic acids is 1. The number of halogens is 1. The highest BCUT2D eigenvalue weighted by atomic mass is 35.5. The van der Waals surface area contributed by atoms with E-state index in [9.17, 15) is 9.90 Å². The zero-order chi connectivity index (χ0) is 15.1. The summed E-state index contributed by atoms with van der Waals surface area (Å²) in [7, 11) is 0. The molecule has 0 heterocycles. The van der Waals surface area contributed by atoms with Crippen molar-refractivity contribution in [3.05, 3.63) is 29.3 Å². The van der Waals surface area contributed by atoms with E-state index in [0.717, 1.165) is 35.6 Å². The molecule has 1 aromatic carbocycles. The molecule has 0 spiro atoms. The van der Waals surface area contributed by atoms with Crippen molar-refractivity contribution >= 4 is 29.3 Å². The number of hydrogen-bond acceptors (Lipinski definition) is 3. The van der Waals surface area contributed by atoms with Crippen LogP contribution >= 0.6 is 23.4 Å². The Bertz CT molecular complexity index is 475. The first kappa shape index (κ1) is 16.7. The number of hydrogen-bond donors (Lipinski definition) is 2. The average Bonchev–Trinajstić information content (AvgIpc) is 2.48. The van der Waals surface area contributed by atoms with Crippen molar-refractivity contribution in [2.45, 2.75) is 49.0 Å². The highest BCUT2D eigenvalue weighted by Gasteiger charge is 2.29. The van der Waals surface area contributed by atoms with Crippen LogP contribution in [0, 0.1) is 0 Å². The van der Waals surface area contributed by atoms with E-state index >= 15 is 0 Å². The second kappa shape index (κ2) is 8.06.